The van der Waals surface area contributed by atoms with Crippen molar-refractivity contribution in [2.24, 2.45) is 10.7 Å². The Kier molecular flexibility index (Phi) is 27.5. The lowest BCUT2D eigenvalue weighted by molar-refractivity contribution is -0.113. The molecule has 1 aromatic rings. The van der Waals surface area contributed by atoms with Crippen LogP contribution in [0.2, 0.25) is 0 Å². The van der Waals surface area contributed by atoms with Crippen LogP contribution < -0.4 is 5.73 Å². The number of benzene rings is 1. The highest BCUT2D eigenvalue weighted by atomic mass is 19.1. The number of nitrogens with zero attached hydrogens (tertiary/aromatic N) is 1. The fraction of sp³-hybridized carbons (Fsp3) is 0.484. The Hall–Kier alpha value is -2.59. The van der Waals surface area contributed by atoms with Gasteiger partial charge in [-0.15, -0.1) is 0 Å². The largest absolute Gasteiger partial charge is 0.328 e. The van der Waals surface area contributed by atoms with Gasteiger partial charge in [-0.1, -0.05) is 88.3 Å². The summed E-state index contributed by atoms with van der Waals surface area (Å²) in [5.74, 6) is -0.122. The van der Waals surface area contributed by atoms with Gasteiger partial charge in [-0.05, 0) is 72.9 Å². The summed E-state index contributed by atoms with van der Waals surface area (Å²) >= 11 is 0. The molecule has 0 saturated carbocycles. The number of halogens is 1. The highest BCUT2D eigenvalue weighted by Gasteiger charge is 1.95. The minimum Gasteiger partial charge on any atom is -0.328 e. The Morgan fingerprint density at radius 2 is 1.69 bits per heavy atom. The molecular formula is C31H51FN2O. The molecule has 0 saturated heterocycles. The van der Waals surface area contributed by atoms with Crippen LogP contribution in [-0.2, 0) is 4.79 Å². The van der Waals surface area contributed by atoms with E-state index in [4.69, 9.17) is 5.73 Å². The van der Waals surface area contributed by atoms with Crippen LogP contribution in [0.1, 0.15) is 93.1 Å². The number of hydrogen-bond acceptors (Lipinski definition) is 3. The van der Waals surface area contributed by atoms with Crippen molar-refractivity contribution in [2.45, 2.75) is 100 Å². The van der Waals surface area contributed by atoms with Crippen molar-refractivity contribution in [2.75, 3.05) is 0 Å². The summed E-state index contributed by atoms with van der Waals surface area (Å²) in [6.45, 7) is 21.4. The van der Waals surface area contributed by atoms with E-state index in [1.807, 2.05) is 52.8 Å². The fourth-order valence-corrected chi connectivity index (χ4v) is 2.37. The van der Waals surface area contributed by atoms with Crippen molar-refractivity contribution >= 4 is 11.5 Å². The molecule has 0 aliphatic rings. The molecule has 0 heterocycles. The van der Waals surface area contributed by atoms with Gasteiger partial charge in [-0.25, -0.2) is 4.39 Å². The van der Waals surface area contributed by atoms with E-state index < -0.39 is 0 Å². The summed E-state index contributed by atoms with van der Waals surface area (Å²) in [5.41, 5.74) is 9.70. The minimum absolute atomic E-state index is 0.0492. The molecule has 3 nitrogen and oxygen atoms in total. The standard InChI is InChI=1S/C9H12O.C8H15N.C7H7F.C7H17N/c1-4-6-7-9(5-2)8(3)10;1-5-8(6-2)9-7(3)4;1-6-2-4-7(8)5-3-6;1-3-5-6-7(8)4-2/h4-7H,2H2,1,3H3;5H,6H2,1-4H3;2-5H,1H3;7H,3-6,8H2,1-2H3/b6-4-,9-7+;8-5-;;. The Balaban J connectivity index is -0.000000391. The molecule has 0 bridgehead atoms. The van der Waals surface area contributed by atoms with E-state index in [1.165, 1.54) is 44.0 Å². The van der Waals surface area contributed by atoms with Gasteiger partial charge in [0.1, 0.15) is 5.82 Å². The Bertz CT molecular complexity index is 762. The van der Waals surface area contributed by atoms with Gasteiger partial charge in [0.15, 0.2) is 5.78 Å². The summed E-state index contributed by atoms with van der Waals surface area (Å²) in [4.78, 5) is 15.0. The second-order valence-electron chi connectivity index (χ2n) is 8.21. The Morgan fingerprint density at radius 3 is 1.97 bits per heavy atom. The number of rotatable bonds is 9. The van der Waals surface area contributed by atoms with E-state index in [0.29, 0.717) is 11.6 Å². The van der Waals surface area contributed by atoms with E-state index in [2.05, 4.69) is 32.3 Å². The first-order chi connectivity index (χ1) is 16.5. The van der Waals surface area contributed by atoms with E-state index in [1.54, 1.807) is 24.3 Å². The normalized spacial score (nSPS) is 11.6. The van der Waals surface area contributed by atoms with Gasteiger partial charge >= 0.3 is 0 Å². The molecule has 2 N–H and O–H groups in total. The van der Waals surface area contributed by atoms with Gasteiger partial charge in [0.2, 0.25) is 0 Å². The predicted molar refractivity (Wildman–Crippen MR) is 156 cm³/mol. The van der Waals surface area contributed by atoms with Gasteiger partial charge < -0.3 is 5.73 Å². The van der Waals surface area contributed by atoms with Gasteiger partial charge in [-0.2, -0.15) is 0 Å². The minimum atomic E-state index is -0.171. The van der Waals surface area contributed by atoms with Crippen molar-refractivity contribution in [1.82, 2.24) is 0 Å². The van der Waals surface area contributed by atoms with Crippen LogP contribution in [0.5, 0.6) is 0 Å². The first-order valence-electron chi connectivity index (χ1n) is 12.6. The van der Waals surface area contributed by atoms with Crippen molar-refractivity contribution < 1.29 is 9.18 Å². The topological polar surface area (TPSA) is 55.5 Å². The summed E-state index contributed by atoms with van der Waals surface area (Å²) in [5, 5.41) is 0. The van der Waals surface area contributed by atoms with Crippen LogP contribution in [0.25, 0.3) is 0 Å². The van der Waals surface area contributed by atoms with Gasteiger partial charge in [0.05, 0.1) is 0 Å². The molecule has 1 atom stereocenters. The molecule has 0 fully saturated rings. The number of allylic oxidation sites excluding steroid dienone is 7. The SMILES string of the molecule is C/C=C(/CC)N=C(C)C.C=C/C(=C\C=C/C)C(C)=O.CCCCC(N)CC.Cc1ccc(F)cc1. The first kappa shape index (κ1) is 37.0. The summed E-state index contributed by atoms with van der Waals surface area (Å²) in [6.07, 6.45) is 15.0. The molecular weight excluding hydrogens is 435 g/mol. The van der Waals surface area contributed by atoms with Crippen molar-refractivity contribution in [3.05, 3.63) is 83.9 Å². The predicted octanol–water partition coefficient (Wildman–Crippen LogP) is 9.09. The molecule has 0 radical (unpaired) electrons. The van der Waals surface area contributed by atoms with Crippen molar-refractivity contribution in [1.29, 1.82) is 0 Å². The number of unbranched alkanes of at least 4 members (excludes halogenated alkanes) is 1. The maximum absolute atomic E-state index is 12.1. The van der Waals surface area contributed by atoms with Crippen LogP contribution in [0, 0.1) is 12.7 Å². The Morgan fingerprint density at radius 1 is 1.11 bits per heavy atom. The molecule has 198 valence electrons. The molecule has 1 aromatic carbocycles. The Labute approximate surface area is 215 Å². The van der Waals surface area contributed by atoms with Crippen molar-refractivity contribution in [3.8, 4) is 0 Å². The lowest BCUT2D eigenvalue weighted by Gasteiger charge is -2.04. The molecule has 0 aliphatic carbocycles. The number of ketones is 1. The number of aliphatic imine (C=N–C) groups is 1. The molecule has 1 unspecified atom stereocenters. The average Bonchev–Trinajstić information content (AvgIpc) is 2.84. The van der Waals surface area contributed by atoms with E-state index >= 15 is 0 Å². The smallest absolute Gasteiger partial charge is 0.159 e. The molecule has 4 heteroatoms. The number of carbonyl (C=O) groups excluding carboxylic acids is 1. The van der Waals surface area contributed by atoms with Crippen LogP contribution in [-0.4, -0.2) is 17.5 Å². The van der Waals surface area contributed by atoms with Gasteiger partial charge in [0.25, 0.3) is 0 Å². The number of nitrogens with two attached hydrogens (primary N) is 1. The van der Waals surface area contributed by atoms with Gasteiger partial charge in [-0.3, -0.25) is 9.79 Å². The van der Waals surface area contributed by atoms with Crippen LogP contribution in [0.15, 0.2) is 77.5 Å². The van der Waals surface area contributed by atoms with Crippen LogP contribution in [0.3, 0.4) is 0 Å². The zero-order valence-electron chi connectivity index (χ0n) is 23.8. The van der Waals surface area contributed by atoms with E-state index in [0.717, 1.165) is 24.1 Å². The molecule has 1 rings (SSSR count). The number of hydrogen-bond donors (Lipinski definition) is 1. The average molecular weight is 487 g/mol. The second-order valence-corrected chi connectivity index (χ2v) is 8.21. The highest BCUT2D eigenvalue weighted by Crippen LogP contribution is 2.02. The highest BCUT2D eigenvalue weighted by molar-refractivity contribution is 5.96. The molecule has 0 aromatic heterocycles. The maximum Gasteiger partial charge on any atom is 0.159 e. The second kappa shape index (κ2) is 26.0. The zero-order chi connectivity index (χ0) is 27.6. The van der Waals surface area contributed by atoms with Crippen molar-refractivity contribution in [3.63, 3.8) is 0 Å². The summed E-state index contributed by atoms with van der Waals surface area (Å²) < 4.78 is 12.1. The molecule has 0 amide bonds. The lowest BCUT2D eigenvalue weighted by atomic mass is 10.1. The van der Waals surface area contributed by atoms with Crippen LogP contribution >= 0.6 is 0 Å². The number of aryl methyl sites for hydroxylation is 1. The number of carbonyl (C=O) groups is 1. The third-order valence-electron chi connectivity index (χ3n) is 4.62. The quantitative estimate of drug-likeness (QED) is 0.215. The summed E-state index contributed by atoms with van der Waals surface area (Å²) in [6, 6.07) is 6.85. The molecule has 0 aliphatic heterocycles. The third-order valence-corrected chi connectivity index (χ3v) is 4.62. The third kappa shape index (κ3) is 27.5. The monoisotopic (exact) mass is 486 g/mol. The number of Topliss-reactive ketones (excluding diaryl/α,β-unsaturated/α-hetero) is 1. The van der Waals surface area contributed by atoms with Gasteiger partial charge in [0, 0.05) is 23.0 Å². The molecule has 0 spiro atoms. The van der Waals surface area contributed by atoms with E-state index in [-0.39, 0.29) is 11.6 Å². The zero-order valence-corrected chi connectivity index (χ0v) is 23.8. The summed E-state index contributed by atoms with van der Waals surface area (Å²) in [7, 11) is 0. The molecule has 35 heavy (non-hydrogen) atoms. The van der Waals surface area contributed by atoms with E-state index in [9.17, 15) is 9.18 Å². The maximum atomic E-state index is 12.1. The van der Waals surface area contributed by atoms with Crippen LogP contribution in [0.4, 0.5) is 4.39 Å². The first-order valence-corrected chi connectivity index (χ1v) is 12.6. The lowest BCUT2D eigenvalue weighted by Crippen LogP contribution is -2.17. The fourth-order valence-electron chi connectivity index (χ4n) is 2.37.